The summed E-state index contributed by atoms with van der Waals surface area (Å²) in [5, 5.41) is 11.1. The molecule has 7 heteroatoms. The highest BCUT2D eigenvalue weighted by atomic mass is 16.5. The SMILES string of the molecule is COc1ccc(-c2oc3ccccc3c(=O)c2OCC(=O)[O-])cc1OC. The Morgan fingerprint density at radius 3 is 2.50 bits per heavy atom. The molecule has 0 spiro atoms. The van der Waals surface area contributed by atoms with E-state index in [1.165, 1.54) is 14.2 Å². The summed E-state index contributed by atoms with van der Waals surface area (Å²) in [5.74, 6) is -0.643. The molecule has 0 aliphatic carbocycles. The number of hydrogen-bond donors (Lipinski definition) is 0. The largest absolute Gasteiger partial charge is 0.546 e. The second kappa shape index (κ2) is 7.18. The third-order valence-corrected chi connectivity index (χ3v) is 3.74. The lowest BCUT2D eigenvalue weighted by atomic mass is 10.1. The minimum Gasteiger partial charge on any atom is -0.546 e. The Bertz CT molecular complexity index is 1020. The van der Waals surface area contributed by atoms with Crippen LogP contribution in [0.2, 0.25) is 0 Å². The maximum Gasteiger partial charge on any atom is 0.235 e. The zero-order chi connectivity index (χ0) is 18.7. The molecule has 0 fully saturated rings. The van der Waals surface area contributed by atoms with Crippen molar-refractivity contribution in [3.63, 3.8) is 0 Å². The first-order chi connectivity index (χ1) is 12.5. The van der Waals surface area contributed by atoms with Crippen molar-refractivity contribution >= 4 is 16.9 Å². The number of carboxylic acids is 1. The van der Waals surface area contributed by atoms with Crippen LogP contribution in [0.15, 0.2) is 51.7 Å². The van der Waals surface area contributed by atoms with Gasteiger partial charge in [-0.05, 0) is 30.3 Å². The minimum atomic E-state index is -1.45. The molecule has 0 N–H and O–H groups in total. The van der Waals surface area contributed by atoms with Gasteiger partial charge in [-0.2, -0.15) is 0 Å². The zero-order valence-electron chi connectivity index (χ0n) is 14.1. The van der Waals surface area contributed by atoms with Gasteiger partial charge in [0, 0.05) is 5.56 Å². The van der Waals surface area contributed by atoms with E-state index in [1.54, 1.807) is 42.5 Å². The molecule has 0 amide bonds. The van der Waals surface area contributed by atoms with E-state index in [0.29, 0.717) is 22.6 Å². The lowest BCUT2D eigenvalue weighted by molar-refractivity contribution is -0.307. The van der Waals surface area contributed by atoms with Crippen LogP contribution in [0.5, 0.6) is 17.2 Å². The van der Waals surface area contributed by atoms with E-state index in [2.05, 4.69) is 0 Å². The zero-order valence-corrected chi connectivity index (χ0v) is 14.1. The van der Waals surface area contributed by atoms with Crippen molar-refractivity contribution in [3.8, 4) is 28.6 Å². The quantitative estimate of drug-likeness (QED) is 0.662. The second-order valence-electron chi connectivity index (χ2n) is 5.32. The van der Waals surface area contributed by atoms with Gasteiger partial charge >= 0.3 is 0 Å². The topological polar surface area (TPSA) is 98.0 Å². The van der Waals surface area contributed by atoms with Gasteiger partial charge in [-0.25, -0.2) is 0 Å². The van der Waals surface area contributed by atoms with Crippen LogP contribution >= 0.6 is 0 Å². The monoisotopic (exact) mass is 355 g/mol. The van der Waals surface area contributed by atoms with E-state index in [9.17, 15) is 14.7 Å². The van der Waals surface area contributed by atoms with Crippen LogP contribution in [0.1, 0.15) is 0 Å². The van der Waals surface area contributed by atoms with Crippen molar-refractivity contribution in [1.29, 1.82) is 0 Å². The highest BCUT2D eigenvalue weighted by Gasteiger charge is 2.19. The van der Waals surface area contributed by atoms with E-state index in [1.807, 2.05) is 0 Å². The number of aliphatic carboxylic acids is 1. The van der Waals surface area contributed by atoms with E-state index in [4.69, 9.17) is 18.6 Å². The molecule has 2 aromatic carbocycles. The van der Waals surface area contributed by atoms with E-state index >= 15 is 0 Å². The van der Waals surface area contributed by atoms with Crippen LogP contribution in [0.4, 0.5) is 0 Å². The van der Waals surface area contributed by atoms with Gasteiger partial charge < -0.3 is 28.5 Å². The molecule has 0 aliphatic heterocycles. The minimum absolute atomic E-state index is 0.0934. The molecule has 7 nitrogen and oxygen atoms in total. The Kier molecular flexibility index (Phi) is 4.79. The van der Waals surface area contributed by atoms with Crippen LogP contribution < -0.4 is 24.7 Å². The molecular formula is C19H15O7-. The molecule has 1 aromatic heterocycles. The van der Waals surface area contributed by atoms with E-state index < -0.39 is 18.0 Å². The van der Waals surface area contributed by atoms with Gasteiger partial charge in [0.2, 0.25) is 11.2 Å². The summed E-state index contributed by atoms with van der Waals surface area (Å²) in [7, 11) is 2.98. The fourth-order valence-corrected chi connectivity index (χ4v) is 2.55. The lowest BCUT2D eigenvalue weighted by Crippen LogP contribution is -2.30. The van der Waals surface area contributed by atoms with Gasteiger partial charge in [-0.15, -0.1) is 0 Å². The molecule has 134 valence electrons. The molecule has 0 aliphatic rings. The summed E-state index contributed by atoms with van der Waals surface area (Å²) in [5.41, 5.74) is 0.347. The first-order valence-electron chi connectivity index (χ1n) is 7.66. The van der Waals surface area contributed by atoms with Crippen LogP contribution in [0, 0.1) is 0 Å². The van der Waals surface area contributed by atoms with E-state index in [-0.39, 0.29) is 16.9 Å². The molecule has 26 heavy (non-hydrogen) atoms. The standard InChI is InChI=1S/C19H16O7/c1-23-14-8-7-11(9-15(14)24-2)18-19(25-10-16(20)21)17(22)12-5-3-4-6-13(12)26-18/h3-9H,10H2,1-2H3,(H,20,21)/p-1. The van der Waals surface area contributed by atoms with Crippen molar-refractivity contribution in [2.24, 2.45) is 0 Å². The fraction of sp³-hybridized carbons (Fsp3) is 0.158. The highest BCUT2D eigenvalue weighted by molar-refractivity contribution is 5.82. The molecule has 0 bridgehead atoms. The van der Waals surface area contributed by atoms with Gasteiger partial charge in [0.1, 0.15) is 12.2 Å². The number of para-hydroxylation sites is 1. The summed E-state index contributed by atoms with van der Waals surface area (Å²) >= 11 is 0. The number of carbonyl (C=O) groups is 1. The van der Waals surface area contributed by atoms with Crippen LogP contribution in [0.3, 0.4) is 0 Å². The van der Waals surface area contributed by atoms with Crippen LogP contribution in [-0.4, -0.2) is 26.8 Å². The molecule has 3 aromatic rings. The molecule has 0 radical (unpaired) electrons. The Morgan fingerprint density at radius 1 is 1.08 bits per heavy atom. The number of fused-ring (bicyclic) bond motifs is 1. The predicted molar refractivity (Wildman–Crippen MR) is 91.5 cm³/mol. The Balaban J connectivity index is 2.24. The van der Waals surface area contributed by atoms with Crippen molar-refractivity contribution in [2.75, 3.05) is 20.8 Å². The number of methoxy groups -OCH3 is 2. The normalized spacial score (nSPS) is 10.5. The van der Waals surface area contributed by atoms with Gasteiger partial charge in [0.25, 0.3) is 0 Å². The smallest absolute Gasteiger partial charge is 0.235 e. The third-order valence-electron chi connectivity index (χ3n) is 3.74. The lowest BCUT2D eigenvalue weighted by Gasteiger charge is -2.13. The van der Waals surface area contributed by atoms with Gasteiger partial charge in [0.05, 0.1) is 25.6 Å². The summed E-state index contributed by atoms with van der Waals surface area (Å²) in [4.78, 5) is 23.5. The number of carboxylic acid groups (broad SMARTS) is 1. The van der Waals surface area contributed by atoms with Crippen molar-refractivity contribution in [3.05, 3.63) is 52.7 Å². The summed E-state index contributed by atoms with van der Waals surface area (Å²) in [6.45, 7) is -0.774. The molecule has 0 atom stereocenters. The maximum atomic E-state index is 12.8. The average molecular weight is 355 g/mol. The third kappa shape index (κ3) is 3.19. The van der Waals surface area contributed by atoms with Gasteiger partial charge in [-0.3, -0.25) is 4.79 Å². The van der Waals surface area contributed by atoms with Crippen LogP contribution in [-0.2, 0) is 4.79 Å². The predicted octanol–water partition coefficient (Wildman–Crippen LogP) is 1.61. The summed E-state index contributed by atoms with van der Waals surface area (Å²) in [6, 6.07) is 11.5. The van der Waals surface area contributed by atoms with E-state index in [0.717, 1.165) is 0 Å². The molecule has 3 rings (SSSR count). The number of ether oxygens (including phenoxy) is 3. The molecule has 0 saturated carbocycles. The summed E-state index contributed by atoms with van der Waals surface area (Å²) in [6.07, 6.45) is 0. The second-order valence-corrected chi connectivity index (χ2v) is 5.32. The average Bonchev–Trinajstić information content (AvgIpc) is 2.66. The first-order valence-corrected chi connectivity index (χ1v) is 7.66. The van der Waals surface area contributed by atoms with Crippen molar-refractivity contribution < 1.29 is 28.5 Å². The van der Waals surface area contributed by atoms with Crippen LogP contribution in [0.25, 0.3) is 22.3 Å². The van der Waals surface area contributed by atoms with Crippen molar-refractivity contribution in [1.82, 2.24) is 0 Å². The molecule has 1 heterocycles. The molecule has 0 saturated heterocycles. The Labute approximate surface area is 148 Å². The van der Waals surface area contributed by atoms with Gasteiger partial charge in [-0.1, -0.05) is 12.1 Å². The highest BCUT2D eigenvalue weighted by Crippen LogP contribution is 2.36. The Hall–Kier alpha value is -3.48. The number of hydrogen-bond acceptors (Lipinski definition) is 7. The number of carbonyl (C=O) groups excluding carboxylic acids is 1. The van der Waals surface area contributed by atoms with Gasteiger partial charge in [0.15, 0.2) is 17.3 Å². The van der Waals surface area contributed by atoms with Crippen molar-refractivity contribution in [2.45, 2.75) is 0 Å². The summed E-state index contributed by atoms with van der Waals surface area (Å²) < 4.78 is 21.5. The first kappa shape index (κ1) is 17.3. The Morgan fingerprint density at radius 2 is 1.81 bits per heavy atom. The molecule has 0 unspecified atom stereocenters. The maximum absolute atomic E-state index is 12.8. The molecular weight excluding hydrogens is 340 g/mol. The fourth-order valence-electron chi connectivity index (χ4n) is 2.55. The number of rotatable bonds is 6. The number of benzene rings is 2.